The molecule has 0 aromatic heterocycles. The number of rotatable bonds is 6. The Morgan fingerprint density at radius 1 is 1.11 bits per heavy atom. The highest BCUT2D eigenvalue weighted by molar-refractivity contribution is 6.19. The summed E-state index contributed by atoms with van der Waals surface area (Å²) in [6, 6.07) is 9.64. The van der Waals surface area contributed by atoms with Crippen molar-refractivity contribution in [2.75, 3.05) is 13.1 Å². The monoisotopic (exact) mass is 246 g/mol. The maximum atomic E-state index is 11.8. The normalized spacial score (nSPS) is 11.9. The zero-order chi connectivity index (χ0) is 13.5. The molecule has 0 bridgehead atoms. The molecule has 0 spiro atoms. The van der Waals surface area contributed by atoms with Crippen LogP contribution in [0.15, 0.2) is 36.0 Å². The molecule has 0 fully saturated rings. The van der Waals surface area contributed by atoms with E-state index in [0.29, 0.717) is 5.57 Å². The molecule has 2 N–H and O–H groups in total. The van der Waals surface area contributed by atoms with Crippen molar-refractivity contribution >= 4 is 11.5 Å². The van der Waals surface area contributed by atoms with Crippen molar-refractivity contribution in [2.24, 2.45) is 5.73 Å². The van der Waals surface area contributed by atoms with Crippen LogP contribution < -0.4 is 5.73 Å². The van der Waals surface area contributed by atoms with Gasteiger partial charge in [-0.05, 0) is 25.8 Å². The number of primary amides is 1. The summed E-state index contributed by atoms with van der Waals surface area (Å²) in [4.78, 5) is 14.0. The zero-order valence-corrected chi connectivity index (χ0v) is 11.4. The average molecular weight is 246 g/mol. The molecule has 0 heterocycles. The predicted octanol–water partition coefficient (Wildman–Crippen LogP) is 2.63. The van der Waals surface area contributed by atoms with Crippen LogP contribution in [0.1, 0.15) is 32.8 Å². The molecule has 3 heteroatoms. The van der Waals surface area contributed by atoms with Gasteiger partial charge in [-0.15, -0.1) is 0 Å². The highest BCUT2D eigenvalue weighted by atomic mass is 16.1. The van der Waals surface area contributed by atoms with Crippen LogP contribution in [0, 0.1) is 0 Å². The minimum absolute atomic E-state index is 0.357. The van der Waals surface area contributed by atoms with E-state index in [1.807, 2.05) is 30.3 Å². The van der Waals surface area contributed by atoms with Crippen LogP contribution in [0.5, 0.6) is 0 Å². The molecular weight excluding hydrogens is 224 g/mol. The van der Waals surface area contributed by atoms with Crippen LogP contribution in [0.2, 0.25) is 0 Å². The van der Waals surface area contributed by atoms with Crippen molar-refractivity contribution in [1.82, 2.24) is 4.90 Å². The lowest BCUT2D eigenvalue weighted by atomic mass is 10.0. The second-order valence-corrected chi connectivity index (χ2v) is 4.08. The van der Waals surface area contributed by atoms with Crippen molar-refractivity contribution in [1.29, 1.82) is 0 Å². The van der Waals surface area contributed by atoms with Gasteiger partial charge in [0, 0.05) is 18.8 Å². The van der Waals surface area contributed by atoms with E-state index in [9.17, 15) is 4.79 Å². The van der Waals surface area contributed by atoms with Crippen LogP contribution in [0.3, 0.4) is 0 Å². The zero-order valence-electron chi connectivity index (χ0n) is 11.4. The minimum atomic E-state index is -0.357. The van der Waals surface area contributed by atoms with Gasteiger partial charge in [-0.1, -0.05) is 37.3 Å². The Balaban J connectivity index is 3.36. The van der Waals surface area contributed by atoms with Crippen LogP contribution in [0.25, 0.3) is 5.57 Å². The number of benzene rings is 1. The molecule has 1 amide bonds. The van der Waals surface area contributed by atoms with Crippen LogP contribution >= 0.6 is 0 Å². The lowest BCUT2D eigenvalue weighted by Crippen LogP contribution is -2.26. The Morgan fingerprint density at radius 2 is 1.67 bits per heavy atom. The number of amides is 1. The third kappa shape index (κ3) is 3.13. The SMILES string of the molecule is CCC(=C(C(N)=O)c1ccccc1)N(CC)CC. The molecule has 18 heavy (non-hydrogen) atoms. The first-order valence-corrected chi connectivity index (χ1v) is 6.48. The molecule has 0 saturated carbocycles. The summed E-state index contributed by atoms with van der Waals surface area (Å²) < 4.78 is 0. The van der Waals surface area contributed by atoms with Gasteiger partial charge < -0.3 is 10.6 Å². The molecular formula is C15H22N2O. The molecule has 3 nitrogen and oxygen atoms in total. The third-order valence-electron chi connectivity index (χ3n) is 3.08. The number of nitrogens with two attached hydrogens (primary N) is 1. The van der Waals surface area contributed by atoms with Crippen molar-refractivity contribution in [3.63, 3.8) is 0 Å². The fraction of sp³-hybridized carbons (Fsp3) is 0.400. The van der Waals surface area contributed by atoms with Crippen molar-refractivity contribution in [3.8, 4) is 0 Å². The summed E-state index contributed by atoms with van der Waals surface area (Å²) in [5.74, 6) is -0.357. The fourth-order valence-electron chi connectivity index (χ4n) is 2.22. The van der Waals surface area contributed by atoms with E-state index in [0.717, 1.165) is 30.8 Å². The second kappa shape index (κ2) is 6.84. The van der Waals surface area contributed by atoms with Crippen LogP contribution in [0.4, 0.5) is 0 Å². The minimum Gasteiger partial charge on any atom is -0.375 e. The van der Waals surface area contributed by atoms with Gasteiger partial charge in [0.15, 0.2) is 0 Å². The largest absolute Gasteiger partial charge is 0.375 e. The summed E-state index contributed by atoms with van der Waals surface area (Å²) in [6.07, 6.45) is 0.800. The van der Waals surface area contributed by atoms with Gasteiger partial charge in [0.2, 0.25) is 0 Å². The van der Waals surface area contributed by atoms with E-state index in [4.69, 9.17) is 5.73 Å². The van der Waals surface area contributed by atoms with Gasteiger partial charge in [0.25, 0.3) is 5.91 Å². The topological polar surface area (TPSA) is 46.3 Å². The molecule has 0 saturated heterocycles. The van der Waals surface area contributed by atoms with Crippen LogP contribution in [-0.2, 0) is 4.79 Å². The van der Waals surface area contributed by atoms with Gasteiger partial charge in [0.05, 0.1) is 5.57 Å². The van der Waals surface area contributed by atoms with Gasteiger partial charge in [-0.2, -0.15) is 0 Å². The van der Waals surface area contributed by atoms with E-state index in [-0.39, 0.29) is 5.91 Å². The lowest BCUT2D eigenvalue weighted by molar-refractivity contribution is -0.112. The molecule has 0 radical (unpaired) electrons. The van der Waals surface area contributed by atoms with Gasteiger partial charge in [-0.3, -0.25) is 4.79 Å². The Hall–Kier alpha value is -1.77. The number of hydrogen-bond donors (Lipinski definition) is 1. The highest BCUT2D eigenvalue weighted by Gasteiger charge is 2.17. The van der Waals surface area contributed by atoms with E-state index in [2.05, 4.69) is 25.7 Å². The van der Waals surface area contributed by atoms with Crippen LogP contribution in [-0.4, -0.2) is 23.9 Å². The maximum Gasteiger partial charge on any atom is 0.251 e. The summed E-state index contributed by atoms with van der Waals surface area (Å²) in [5, 5.41) is 0. The van der Waals surface area contributed by atoms with Crippen molar-refractivity contribution in [3.05, 3.63) is 41.6 Å². The van der Waals surface area contributed by atoms with Gasteiger partial charge in [-0.25, -0.2) is 0 Å². The van der Waals surface area contributed by atoms with Crippen molar-refractivity contribution in [2.45, 2.75) is 27.2 Å². The lowest BCUT2D eigenvalue weighted by Gasteiger charge is -2.26. The standard InChI is InChI=1S/C15H22N2O/c1-4-13(17(5-2)6-3)14(15(16)18)12-10-8-7-9-11-12/h7-11H,4-6H2,1-3H3,(H2,16,18). The molecule has 1 rings (SSSR count). The fourth-order valence-corrected chi connectivity index (χ4v) is 2.22. The Kier molecular flexibility index (Phi) is 5.43. The third-order valence-corrected chi connectivity index (χ3v) is 3.08. The average Bonchev–Trinajstić information content (AvgIpc) is 2.39. The predicted molar refractivity (Wildman–Crippen MR) is 75.8 cm³/mol. The highest BCUT2D eigenvalue weighted by Crippen LogP contribution is 2.23. The molecule has 0 aliphatic heterocycles. The van der Waals surface area contributed by atoms with E-state index in [1.165, 1.54) is 0 Å². The first-order chi connectivity index (χ1) is 8.65. The second-order valence-electron chi connectivity index (χ2n) is 4.08. The number of carbonyl (C=O) groups excluding carboxylic acids is 1. The number of allylic oxidation sites excluding steroid dienone is 1. The first kappa shape index (κ1) is 14.3. The van der Waals surface area contributed by atoms with E-state index < -0.39 is 0 Å². The summed E-state index contributed by atoms with van der Waals surface area (Å²) in [6.45, 7) is 7.98. The summed E-state index contributed by atoms with van der Waals surface area (Å²) in [7, 11) is 0. The number of hydrogen-bond acceptors (Lipinski definition) is 2. The quantitative estimate of drug-likeness (QED) is 0.784. The Morgan fingerprint density at radius 3 is 2.06 bits per heavy atom. The maximum absolute atomic E-state index is 11.8. The first-order valence-electron chi connectivity index (χ1n) is 6.48. The smallest absolute Gasteiger partial charge is 0.251 e. The molecule has 0 unspecified atom stereocenters. The summed E-state index contributed by atoms with van der Waals surface area (Å²) >= 11 is 0. The van der Waals surface area contributed by atoms with Crippen molar-refractivity contribution < 1.29 is 4.79 Å². The summed E-state index contributed by atoms with van der Waals surface area (Å²) in [5.41, 5.74) is 8.13. The Bertz CT molecular complexity index is 419. The van der Waals surface area contributed by atoms with Gasteiger partial charge >= 0.3 is 0 Å². The number of nitrogens with zero attached hydrogens (tertiary/aromatic N) is 1. The Labute approximate surface area is 109 Å². The van der Waals surface area contributed by atoms with E-state index in [1.54, 1.807) is 0 Å². The molecule has 0 aliphatic carbocycles. The molecule has 0 aliphatic rings. The van der Waals surface area contributed by atoms with Gasteiger partial charge in [0.1, 0.15) is 0 Å². The number of carbonyl (C=O) groups is 1. The van der Waals surface area contributed by atoms with E-state index >= 15 is 0 Å². The molecule has 1 aromatic rings. The molecule has 0 atom stereocenters. The molecule has 98 valence electrons. The molecule has 1 aromatic carbocycles.